The number of phenols is 1. The summed E-state index contributed by atoms with van der Waals surface area (Å²) in [6.45, 7) is 2.25. The van der Waals surface area contributed by atoms with Gasteiger partial charge in [-0.2, -0.15) is 0 Å². The summed E-state index contributed by atoms with van der Waals surface area (Å²) < 4.78 is 13.5. The molecule has 0 aliphatic heterocycles. The van der Waals surface area contributed by atoms with E-state index >= 15 is 0 Å². The minimum atomic E-state index is -0.374. The van der Waals surface area contributed by atoms with E-state index in [1.165, 1.54) is 50.3 Å². The van der Waals surface area contributed by atoms with Gasteiger partial charge in [0.15, 0.2) is 5.96 Å². The first-order valence-corrected chi connectivity index (χ1v) is 9.21. The molecular weight excluding hydrogens is 305 g/mol. The third kappa shape index (κ3) is 4.40. The molecule has 0 bridgehead atoms. The second-order valence-electron chi connectivity index (χ2n) is 7.22. The minimum Gasteiger partial charge on any atom is -0.506 e. The van der Waals surface area contributed by atoms with Gasteiger partial charge in [0, 0.05) is 12.1 Å². The molecule has 2 fully saturated rings. The third-order valence-corrected chi connectivity index (χ3v) is 5.27. The number of aromatic hydroxyl groups is 1. The van der Waals surface area contributed by atoms with Crippen molar-refractivity contribution in [1.82, 2.24) is 5.32 Å². The van der Waals surface area contributed by atoms with Crippen molar-refractivity contribution in [2.24, 2.45) is 10.9 Å². The predicted octanol–water partition coefficient (Wildman–Crippen LogP) is 4.41. The maximum Gasteiger partial charge on any atom is 0.196 e. The molecule has 0 amide bonds. The molecule has 24 heavy (non-hydrogen) atoms. The second kappa shape index (κ2) is 7.86. The van der Waals surface area contributed by atoms with Crippen LogP contribution in [0.25, 0.3) is 0 Å². The van der Waals surface area contributed by atoms with Crippen LogP contribution < -0.4 is 10.6 Å². The Morgan fingerprint density at radius 2 is 1.83 bits per heavy atom. The van der Waals surface area contributed by atoms with Crippen LogP contribution in [-0.4, -0.2) is 23.1 Å². The van der Waals surface area contributed by atoms with Gasteiger partial charge in [0.2, 0.25) is 0 Å². The maximum atomic E-state index is 13.5. The topological polar surface area (TPSA) is 56.7 Å². The summed E-state index contributed by atoms with van der Waals surface area (Å²) >= 11 is 0. The van der Waals surface area contributed by atoms with Crippen LogP contribution in [0.2, 0.25) is 0 Å². The van der Waals surface area contributed by atoms with Crippen molar-refractivity contribution in [3.05, 3.63) is 24.0 Å². The largest absolute Gasteiger partial charge is 0.506 e. The van der Waals surface area contributed by atoms with E-state index in [1.54, 1.807) is 0 Å². The summed E-state index contributed by atoms with van der Waals surface area (Å²) in [7, 11) is 0. The number of nitrogens with zero attached hydrogens (tertiary/aromatic N) is 1. The predicted molar refractivity (Wildman–Crippen MR) is 95.9 cm³/mol. The Hall–Kier alpha value is -1.78. The van der Waals surface area contributed by atoms with E-state index in [0.29, 0.717) is 23.6 Å². The van der Waals surface area contributed by atoms with Crippen molar-refractivity contribution in [2.75, 3.05) is 5.32 Å². The maximum absolute atomic E-state index is 13.5. The van der Waals surface area contributed by atoms with Crippen LogP contribution in [0.15, 0.2) is 23.2 Å². The molecule has 3 rings (SSSR count). The molecule has 5 heteroatoms. The Bertz CT molecular complexity index is 584. The minimum absolute atomic E-state index is 0.0361. The average Bonchev–Trinajstić information content (AvgIpc) is 3.06. The molecule has 2 atom stereocenters. The first-order valence-electron chi connectivity index (χ1n) is 9.21. The molecule has 0 aromatic heterocycles. The Morgan fingerprint density at radius 3 is 2.58 bits per heavy atom. The van der Waals surface area contributed by atoms with Gasteiger partial charge in [-0.25, -0.2) is 9.38 Å². The highest BCUT2D eigenvalue weighted by Gasteiger charge is 2.23. The quantitative estimate of drug-likeness (QED) is 0.436. The molecule has 2 saturated carbocycles. The highest BCUT2D eigenvalue weighted by molar-refractivity contribution is 5.95. The zero-order valence-electron chi connectivity index (χ0n) is 14.4. The number of rotatable bonds is 3. The normalized spacial score (nSPS) is 25.7. The molecule has 2 aliphatic carbocycles. The molecule has 0 spiro atoms. The summed E-state index contributed by atoms with van der Waals surface area (Å²) in [5, 5.41) is 16.6. The fourth-order valence-electron chi connectivity index (χ4n) is 3.76. The van der Waals surface area contributed by atoms with Crippen LogP contribution in [-0.2, 0) is 0 Å². The van der Waals surface area contributed by atoms with E-state index < -0.39 is 0 Å². The van der Waals surface area contributed by atoms with Gasteiger partial charge >= 0.3 is 0 Å². The van der Waals surface area contributed by atoms with Crippen molar-refractivity contribution in [2.45, 2.75) is 70.4 Å². The molecule has 132 valence electrons. The Labute approximate surface area is 143 Å². The van der Waals surface area contributed by atoms with E-state index in [2.05, 4.69) is 17.6 Å². The molecule has 4 nitrogen and oxygen atoms in total. The molecule has 2 unspecified atom stereocenters. The van der Waals surface area contributed by atoms with E-state index in [0.717, 1.165) is 19.3 Å². The zero-order chi connectivity index (χ0) is 16.9. The first kappa shape index (κ1) is 17.1. The number of anilines is 1. The number of benzene rings is 1. The van der Waals surface area contributed by atoms with Crippen LogP contribution in [0.4, 0.5) is 10.1 Å². The molecule has 0 radical (unpaired) electrons. The summed E-state index contributed by atoms with van der Waals surface area (Å²) in [6, 6.07) is 4.63. The lowest BCUT2D eigenvalue weighted by atomic mass is 9.86. The van der Waals surface area contributed by atoms with Gasteiger partial charge in [-0.1, -0.05) is 32.6 Å². The number of halogens is 1. The Morgan fingerprint density at radius 1 is 1.12 bits per heavy atom. The van der Waals surface area contributed by atoms with Crippen LogP contribution >= 0.6 is 0 Å². The lowest BCUT2D eigenvalue weighted by molar-refractivity contribution is 0.332. The van der Waals surface area contributed by atoms with Crippen molar-refractivity contribution >= 4 is 11.6 Å². The number of guanidine groups is 1. The SMILES string of the molecule is CC1CCCCC1N=C(Nc1cc(F)ccc1O)NC1CCCC1. The van der Waals surface area contributed by atoms with Gasteiger partial charge in [0.05, 0.1) is 11.7 Å². The number of nitrogens with one attached hydrogen (secondary N) is 2. The standard InChI is InChI=1S/C19H28FN3O/c1-13-6-2-5-9-16(13)22-19(21-15-7-3-4-8-15)23-17-12-14(20)10-11-18(17)24/h10-13,15-16,24H,2-9H2,1H3,(H2,21,22,23). The molecule has 2 aliphatic rings. The van der Waals surface area contributed by atoms with E-state index in [4.69, 9.17) is 4.99 Å². The highest BCUT2D eigenvalue weighted by atomic mass is 19.1. The lowest BCUT2D eigenvalue weighted by Gasteiger charge is -2.27. The van der Waals surface area contributed by atoms with Gasteiger partial charge in [0.1, 0.15) is 11.6 Å². The molecular formula is C19H28FN3O. The van der Waals surface area contributed by atoms with Crippen LogP contribution in [0.5, 0.6) is 5.75 Å². The zero-order valence-corrected chi connectivity index (χ0v) is 14.4. The Balaban J connectivity index is 1.79. The van der Waals surface area contributed by atoms with Gasteiger partial charge in [0.25, 0.3) is 0 Å². The molecule has 1 aromatic carbocycles. The first-order chi connectivity index (χ1) is 11.6. The fourth-order valence-corrected chi connectivity index (χ4v) is 3.76. The molecule has 0 heterocycles. The number of hydrogen-bond acceptors (Lipinski definition) is 2. The van der Waals surface area contributed by atoms with Crippen molar-refractivity contribution in [3.63, 3.8) is 0 Å². The van der Waals surface area contributed by atoms with Crippen LogP contribution in [0.1, 0.15) is 58.3 Å². The van der Waals surface area contributed by atoms with Crippen molar-refractivity contribution < 1.29 is 9.50 Å². The fraction of sp³-hybridized carbons (Fsp3) is 0.632. The van der Waals surface area contributed by atoms with E-state index in [-0.39, 0.29) is 17.6 Å². The monoisotopic (exact) mass is 333 g/mol. The van der Waals surface area contributed by atoms with Gasteiger partial charge < -0.3 is 15.7 Å². The summed E-state index contributed by atoms with van der Waals surface area (Å²) in [5.74, 6) is 0.888. The van der Waals surface area contributed by atoms with Crippen molar-refractivity contribution in [1.29, 1.82) is 0 Å². The van der Waals surface area contributed by atoms with Crippen molar-refractivity contribution in [3.8, 4) is 5.75 Å². The summed E-state index contributed by atoms with van der Waals surface area (Å²) in [4.78, 5) is 4.91. The van der Waals surface area contributed by atoms with E-state index in [9.17, 15) is 9.50 Å². The summed E-state index contributed by atoms with van der Waals surface area (Å²) in [5.41, 5.74) is 0.364. The summed E-state index contributed by atoms with van der Waals surface area (Å²) in [6.07, 6.45) is 9.51. The number of hydrogen-bond donors (Lipinski definition) is 3. The number of aliphatic imine (C=N–C) groups is 1. The second-order valence-corrected chi connectivity index (χ2v) is 7.22. The Kier molecular flexibility index (Phi) is 5.59. The van der Waals surface area contributed by atoms with Crippen LogP contribution in [0.3, 0.4) is 0 Å². The highest BCUT2D eigenvalue weighted by Crippen LogP contribution is 2.28. The van der Waals surface area contributed by atoms with Gasteiger partial charge in [-0.3, -0.25) is 0 Å². The molecule has 0 saturated heterocycles. The lowest BCUT2D eigenvalue weighted by Crippen LogP contribution is -2.39. The smallest absolute Gasteiger partial charge is 0.196 e. The van der Waals surface area contributed by atoms with E-state index in [1.807, 2.05) is 0 Å². The van der Waals surface area contributed by atoms with Crippen LogP contribution in [0, 0.1) is 11.7 Å². The average molecular weight is 333 g/mol. The van der Waals surface area contributed by atoms with Gasteiger partial charge in [-0.15, -0.1) is 0 Å². The molecule has 3 N–H and O–H groups in total. The third-order valence-electron chi connectivity index (χ3n) is 5.27. The van der Waals surface area contributed by atoms with Gasteiger partial charge in [-0.05, 0) is 43.7 Å². The molecule has 1 aromatic rings. The number of phenolic OH excluding ortho intramolecular Hbond substituents is 1.